The summed E-state index contributed by atoms with van der Waals surface area (Å²) in [6, 6.07) is 17.8. The van der Waals surface area contributed by atoms with Crippen LogP contribution < -0.4 is 5.32 Å². The summed E-state index contributed by atoms with van der Waals surface area (Å²) in [5.41, 5.74) is 1.67. The van der Waals surface area contributed by atoms with Gasteiger partial charge < -0.3 is 24.3 Å². The average Bonchev–Trinajstić information content (AvgIpc) is 2.79. The molecule has 0 aliphatic carbocycles. The van der Waals surface area contributed by atoms with E-state index in [0.717, 1.165) is 17.4 Å². The monoisotopic (exact) mass is 477 g/mol. The molecule has 2 aromatic carbocycles. The summed E-state index contributed by atoms with van der Waals surface area (Å²) < 4.78 is 53.7. The summed E-state index contributed by atoms with van der Waals surface area (Å²) in [7, 11) is -3.90. The van der Waals surface area contributed by atoms with Crippen LogP contribution >= 0.6 is 0 Å². The van der Waals surface area contributed by atoms with Crippen LogP contribution in [0.4, 0.5) is 0 Å². The van der Waals surface area contributed by atoms with Crippen LogP contribution in [0.25, 0.3) is 0 Å². The van der Waals surface area contributed by atoms with Crippen LogP contribution in [0.15, 0.2) is 60.7 Å². The van der Waals surface area contributed by atoms with Crippen LogP contribution in [0.5, 0.6) is 0 Å². The molecule has 2 fully saturated rings. The number of hydrogen-bond donors (Lipinski definition) is 1. The van der Waals surface area contributed by atoms with Gasteiger partial charge in [0.15, 0.2) is 12.6 Å². The third kappa shape index (κ3) is 6.17. The van der Waals surface area contributed by atoms with Gasteiger partial charge in [-0.25, -0.2) is 0 Å². The van der Waals surface area contributed by atoms with Crippen LogP contribution in [0.2, 0.25) is 0 Å². The summed E-state index contributed by atoms with van der Waals surface area (Å²) in [6.07, 6.45) is -3.34. The molecule has 2 saturated heterocycles. The SMILES string of the molecule is CC(=O)N[C@@H]1[C@H](OCc2ccccc2)O[C@H]2CO[C@H](c3ccccc3)O[C@@H]2[C@H]1OS(C)(=O)=O. The molecule has 10 heteroatoms. The molecule has 2 aromatic rings. The highest BCUT2D eigenvalue weighted by Crippen LogP contribution is 2.36. The fraction of sp³-hybridized carbons (Fsp3) is 0.435. The Labute approximate surface area is 193 Å². The van der Waals surface area contributed by atoms with Gasteiger partial charge in [0.05, 0.1) is 19.5 Å². The molecule has 4 rings (SSSR count). The Morgan fingerprint density at radius 1 is 1.06 bits per heavy atom. The zero-order valence-corrected chi connectivity index (χ0v) is 19.1. The standard InChI is InChI=1S/C23H27NO8S/c1-15(25)24-19-21(32-33(2,26)27)20-18(14-29-22(31-20)17-11-7-4-8-12-17)30-23(19)28-13-16-9-5-3-6-10-16/h3-12,18-23H,13-14H2,1-2H3,(H,24,25)/t18-,19-,20-,21-,22-,23+/m0/s1. The largest absolute Gasteiger partial charge is 0.346 e. The lowest BCUT2D eigenvalue weighted by molar-refractivity contribution is -0.342. The van der Waals surface area contributed by atoms with Crippen molar-refractivity contribution < 1.29 is 36.3 Å². The van der Waals surface area contributed by atoms with Gasteiger partial charge in [0, 0.05) is 12.5 Å². The fourth-order valence-corrected chi connectivity index (χ4v) is 4.58. The maximum absolute atomic E-state index is 12.1. The molecule has 0 aromatic heterocycles. The van der Waals surface area contributed by atoms with Crippen LogP contribution in [-0.4, -0.2) is 57.8 Å². The predicted molar refractivity (Wildman–Crippen MR) is 117 cm³/mol. The third-order valence-corrected chi connectivity index (χ3v) is 5.90. The van der Waals surface area contributed by atoms with E-state index in [1.54, 1.807) is 0 Å². The van der Waals surface area contributed by atoms with E-state index in [1.807, 2.05) is 60.7 Å². The maximum atomic E-state index is 12.1. The van der Waals surface area contributed by atoms with Gasteiger partial charge in [0.2, 0.25) is 5.91 Å². The summed E-state index contributed by atoms with van der Waals surface area (Å²) in [4.78, 5) is 12.0. The van der Waals surface area contributed by atoms with Crippen molar-refractivity contribution in [3.05, 3.63) is 71.8 Å². The number of fused-ring (bicyclic) bond motifs is 1. The molecule has 9 nitrogen and oxygen atoms in total. The summed E-state index contributed by atoms with van der Waals surface area (Å²) in [5, 5.41) is 2.73. The van der Waals surface area contributed by atoms with Gasteiger partial charge in [-0.15, -0.1) is 0 Å². The van der Waals surface area contributed by atoms with Crippen molar-refractivity contribution in [2.75, 3.05) is 12.9 Å². The van der Waals surface area contributed by atoms with Crippen molar-refractivity contribution in [2.24, 2.45) is 0 Å². The summed E-state index contributed by atoms with van der Waals surface area (Å²) >= 11 is 0. The number of hydrogen-bond acceptors (Lipinski definition) is 8. The molecule has 0 saturated carbocycles. The van der Waals surface area contributed by atoms with Gasteiger partial charge in [-0.1, -0.05) is 60.7 Å². The van der Waals surface area contributed by atoms with E-state index >= 15 is 0 Å². The Morgan fingerprint density at radius 3 is 2.36 bits per heavy atom. The van der Waals surface area contributed by atoms with Gasteiger partial charge in [0.25, 0.3) is 10.1 Å². The van der Waals surface area contributed by atoms with Crippen LogP contribution in [0.1, 0.15) is 24.3 Å². The zero-order chi connectivity index (χ0) is 23.4. The van der Waals surface area contributed by atoms with E-state index in [1.165, 1.54) is 6.92 Å². The number of nitrogens with one attached hydrogen (secondary N) is 1. The number of benzene rings is 2. The molecular weight excluding hydrogens is 450 g/mol. The molecule has 1 amide bonds. The quantitative estimate of drug-likeness (QED) is 0.602. The first-order valence-corrected chi connectivity index (χ1v) is 12.4. The molecule has 6 atom stereocenters. The normalized spacial score (nSPS) is 29.8. The Morgan fingerprint density at radius 2 is 1.73 bits per heavy atom. The van der Waals surface area contributed by atoms with Crippen molar-refractivity contribution in [3.63, 3.8) is 0 Å². The van der Waals surface area contributed by atoms with E-state index in [4.69, 9.17) is 23.1 Å². The Bertz CT molecular complexity index is 1030. The molecule has 0 radical (unpaired) electrons. The number of carbonyl (C=O) groups excluding carboxylic acids is 1. The first-order chi connectivity index (χ1) is 15.8. The third-order valence-electron chi connectivity index (χ3n) is 5.32. The number of rotatable bonds is 7. The van der Waals surface area contributed by atoms with Gasteiger partial charge in [-0.05, 0) is 5.56 Å². The van der Waals surface area contributed by atoms with E-state index in [-0.39, 0.29) is 19.1 Å². The van der Waals surface area contributed by atoms with Crippen molar-refractivity contribution in [3.8, 4) is 0 Å². The molecule has 2 heterocycles. The second-order valence-electron chi connectivity index (χ2n) is 8.01. The second-order valence-corrected chi connectivity index (χ2v) is 9.61. The molecule has 0 bridgehead atoms. The lowest BCUT2D eigenvalue weighted by Gasteiger charge is -2.48. The highest BCUT2D eigenvalue weighted by molar-refractivity contribution is 7.86. The fourth-order valence-electron chi connectivity index (χ4n) is 3.95. The first kappa shape index (κ1) is 23.8. The number of carbonyl (C=O) groups is 1. The Hall–Kier alpha value is -2.34. The molecule has 1 N–H and O–H groups in total. The lowest BCUT2D eigenvalue weighted by Crippen LogP contribution is -2.67. The van der Waals surface area contributed by atoms with Gasteiger partial charge in [-0.2, -0.15) is 8.42 Å². The maximum Gasteiger partial charge on any atom is 0.264 e. The Kier molecular flexibility index (Phi) is 7.42. The lowest BCUT2D eigenvalue weighted by atomic mass is 9.95. The van der Waals surface area contributed by atoms with E-state index in [9.17, 15) is 13.2 Å². The average molecular weight is 478 g/mol. The van der Waals surface area contributed by atoms with Crippen molar-refractivity contribution in [2.45, 2.75) is 50.5 Å². The van der Waals surface area contributed by atoms with Crippen molar-refractivity contribution >= 4 is 16.0 Å². The van der Waals surface area contributed by atoms with Gasteiger partial charge in [0.1, 0.15) is 24.4 Å². The van der Waals surface area contributed by atoms with E-state index < -0.39 is 47.1 Å². The number of amides is 1. The van der Waals surface area contributed by atoms with Gasteiger partial charge in [-0.3, -0.25) is 8.98 Å². The number of ether oxygens (including phenoxy) is 4. The highest BCUT2D eigenvalue weighted by Gasteiger charge is 2.52. The zero-order valence-electron chi connectivity index (χ0n) is 18.3. The topological polar surface area (TPSA) is 109 Å². The van der Waals surface area contributed by atoms with Crippen molar-refractivity contribution in [1.82, 2.24) is 5.32 Å². The minimum Gasteiger partial charge on any atom is -0.346 e. The summed E-state index contributed by atoms with van der Waals surface area (Å²) in [6.45, 7) is 1.65. The molecule has 0 spiro atoms. The molecule has 2 aliphatic heterocycles. The van der Waals surface area contributed by atoms with E-state index in [2.05, 4.69) is 5.32 Å². The van der Waals surface area contributed by atoms with Crippen molar-refractivity contribution in [1.29, 1.82) is 0 Å². The molecule has 33 heavy (non-hydrogen) atoms. The van der Waals surface area contributed by atoms with E-state index in [0.29, 0.717) is 0 Å². The smallest absolute Gasteiger partial charge is 0.264 e. The predicted octanol–water partition coefficient (Wildman–Crippen LogP) is 1.89. The van der Waals surface area contributed by atoms with Crippen LogP contribution in [-0.2, 0) is 44.7 Å². The first-order valence-electron chi connectivity index (χ1n) is 10.6. The minimum absolute atomic E-state index is 0.131. The van der Waals surface area contributed by atoms with Crippen LogP contribution in [0, 0.1) is 0 Å². The molecule has 0 unspecified atom stereocenters. The molecule has 2 aliphatic rings. The second kappa shape index (κ2) is 10.3. The van der Waals surface area contributed by atoms with Crippen LogP contribution in [0.3, 0.4) is 0 Å². The molecular formula is C23H27NO8S. The highest BCUT2D eigenvalue weighted by atomic mass is 32.2. The Balaban J connectivity index is 1.60. The molecule has 178 valence electrons. The summed E-state index contributed by atoms with van der Waals surface area (Å²) in [5.74, 6) is -0.385. The van der Waals surface area contributed by atoms with Gasteiger partial charge >= 0.3 is 0 Å². The minimum atomic E-state index is -3.90.